The average molecular weight is 577 g/mol. The third-order valence-corrected chi connectivity index (χ3v) is 7.49. The van der Waals surface area contributed by atoms with Gasteiger partial charge in [-0.2, -0.15) is 0 Å². The van der Waals surface area contributed by atoms with Gasteiger partial charge in [-0.3, -0.25) is 9.59 Å². The SMILES string of the molecule is CCOc1ccc(C=C2Sc3ccc(C(=O)NCCc4ccc(OCC)c(OCC)c4)cc3N(C)C2=O)cc1OC. The number of rotatable bonds is 12. The largest absolute Gasteiger partial charge is 0.493 e. The Morgan fingerprint density at radius 3 is 2.27 bits per heavy atom. The van der Waals surface area contributed by atoms with E-state index in [1.165, 1.54) is 11.8 Å². The van der Waals surface area contributed by atoms with Gasteiger partial charge in [0.15, 0.2) is 23.0 Å². The number of nitrogens with one attached hydrogen (secondary N) is 1. The molecule has 2 amide bonds. The van der Waals surface area contributed by atoms with E-state index in [0.29, 0.717) is 71.9 Å². The van der Waals surface area contributed by atoms with Gasteiger partial charge < -0.3 is 29.2 Å². The lowest BCUT2D eigenvalue weighted by molar-refractivity contribution is -0.114. The maximum absolute atomic E-state index is 13.2. The van der Waals surface area contributed by atoms with E-state index in [1.54, 1.807) is 31.2 Å². The van der Waals surface area contributed by atoms with Crippen molar-refractivity contribution in [2.75, 3.05) is 45.4 Å². The van der Waals surface area contributed by atoms with Crippen molar-refractivity contribution in [1.29, 1.82) is 0 Å². The molecule has 1 N–H and O–H groups in total. The van der Waals surface area contributed by atoms with Gasteiger partial charge in [-0.15, -0.1) is 0 Å². The molecule has 0 aliphatic carbocycles. The second-order valence-corrected chi connectivity index (χ2v) is 10.2. The molecule has 1 aliphatic rings. The van der Waals surface area contributed by atoms with E-state index in [4.69, 9.17) is 18.9 Å². The van der Waals surface area contributed by atoms with Crippen molar-refractivity contribution in [2.24, 2.45) is 0 Å². The Kier molecular flexibility index (Phi) is 10.2. The van der Waals surface area contributed by atoms with Crippen molar-refractivity contribution in [2.45, 2.75) is 32.1 Å². The van der Waals surface area contributed by atoms with Gasteiger partial charge in [-0.25, -0.2) is 0 Å². The van der Waals surface area contributed by atoms with E-state index in [2.05, 4.69) is 5.32 Å². The summed E-state index contributed by atoms with van der Waals surface area (Å²) in [5.74, 6) is 2.34. The molecule has 3 aromatic carbocycles. The van der Waals surface area contributed by atoms with Crippen LogP contribution in [0.3, 0.4) is 0 Å². The van der Waals surface area contributed by atoms with Gasteiger partial charge in [-0.05, 0) is 86.9 Å². The third kappa shape index (κ3) is 7.16. The van der Waals surface area contributed by atoms with Crippen molar-refractivity contribution < 1.29 is 28.5 Å². The third-order valence-electron chi connectivity index (χ3n) is 6.41. The van der Waals surface area contributed by atoms with Crippen LogP contribution in [0.5, 0.6) is 23.0 Å². The fraction of sp³-hybridized carbons (Fsp3) is 0.312. The van der Waals surface area contributed by atoms with E-state index in [9.17, 15) is 9.59 Å². The van der Waals surface area contributed by atoms with Crippen molar-refractivity contribution in [3.8, 4) is 23.0 Å². The second-order valence-electron chi connectivity index (χ2n) is 9.15. The standard InChI is InChI=1S/C32H36N2O6S/c1-6-38-25-13-10-22(18-27(25)37-5)19-30-32(36)34(4)24-20-23(11-14-29(24)41-30)31(35)33-16-15-21-9-12-26(39-7-2)28(17-21)40-8-3/h9-14,17-20H,6-8,15-16H2,1-5H3,(H,33,35). The minimum atomic E-state index is -0.197. The maximum atomic E-state index is 13.2. The molecule has 0 saturated heterocycles. The lowest BCUT2D eigenvalue weighted by Gasteiger charge is -2.27. The van der Waals surface area contributed by atoms with Gasteiger partial charge in [0.1, 0.15) is 0 Å². The smallest absolute Gasteiger partial charge is 0.264 e. The number of hydrogen-bond donors (Lipinski definition) is 1. The van der Waals surface area contributed by atoms with Gasteiger partial charge in [-0.1, -0.05) is 23.9 Å². The Bertz CT molecular complexity index is 1440. The maximum Gasteiger partial charge on any atom is 0.264 e. The number of methoxy groups -OCH3 is 1. The van der Waals surface area contributed by atoms with Crippen LogP contribution in [0.4, 0.5) is 5.69 Å². The minimum Gasteiger partial charge on any atom is -0.493 e. The van der Waals surface area contributed by atoms with Gasteiger partial charge >= 0.3 is 0 Å². The molecule has 0 saturated carbocycles. The fourth-order valence-electron chi connectivity index (χ4n) is 4.41. The summed E-state index contributed by atoms with van der Waals surface area (Å²) < 4.78 is 22.4. The number of nitrogens with zero attached hydrogens (tertiary/aromatic N) is 1. The van der Waals surface area contributed by atoms with Gasteiger partial charge in [0.05, 0.1) is 37.5 Å². The summed E-state index contributed by atoms with van der Waals surface area (Å²) in [4.78, 5) is 29.2. The number of anilines is 1. The van der Waals surface area contributed by atoms with Crippen LogP contribution in [0.25, 0.3) is 6.08 Å². The lowest BCUT2D eigenvalue weighted by Crippen LogP contribution is -2.31. The molecular formula is C32H36N2O6S. The lowest BCUT2D eigenvalue weighted by atomic mass is 10.1. The fourth-order valence-corrected chi connectivity index (χ4v) is 5.50. The number of benzene rings is 3. The summed E-state index contributed by atoms with van der Waals surface area (Å²) in [5, 5.41) is 2.98. The van der Waals surface area contributed by atoms with Crippen LogP contribution in [0, 0.1) is 0 Å². The number of likely N-dealkylation sites (N-methyl/N-ethyl adjacent to an activating group) is 1. The molecule has 0 bridgehead atoms. The van der Waals surface area contributed by atoms with Crippen LogP contribution in [0.2, 0.25) is 0 Å². The number of ether oxygens (including phenoxy) is 4. The summed E-state index contributed by atoms with van der Waals surface area (Å²) in [6.07, 6.45) is 2.48. The highest BCUT2D eigenvalue weighted by atomic mass is 32.2. The molecular weight excluding hydrogens is 540 g/mol. The molecule has 0 radical (unpaired) electrons. The Morgan fingerprint density at radius 1 is 0.878 bits per heavy atom. The van der Waals surface area contributed by atoms with Crippen molar-refractivity contribution in [1.82, 2.24) is 5.32 Å². The van der Waals surface area contributed by atoms with Crippen LogP contribution < -0.4 is 29.2 Å². The van der Waals surface area contributed by atoms with E-state index in [-0.39, 0.29) is 11.8 Å². The number of amides is 2. The van der Waals surface area contributed by atoms with E-state index in [1.807, 2.05) is 69.3 Å². The van der Waals surface area contributed by atoms with E-state index in [0.717, 1.165) is 16.0 Å². The zero-order valence-electron chi connectivity index (χ0n) is 24.1. The van der Waals surface area contributed by atoms with Crippen molar-refractivity contribution >= 4 is 35.3 Å². The van der Waals surface area contributed by atoms with E-state index < -0.39 is 0 Å². The normalized spacial score (nSPS) is 13.5. The molecule has 1 heterocycles. The zero-order valence-corrected chi connectivity index (χ0v) is 24.9. The first kappa shape index (κ1) is 29.9. The molecule has 0 spiro atoms. The van der Waals surface area contributed by atoms with Crippen LogP contribution in [0.1, 0.15) is 42.3 Å². The number of carbonyl (C=O) groups is 2. The molecule has 0 unspecified atom stereocenters. The Labute approximate surface area is 245 Å². The van der Waals surface area contributed by atoms with E-state index >= 15 is 0 Å². The summed E-state index contributed by atoms with van der Waals surface area (Å²) >= 11 is 1.38. The molecule has 0 atom stereocenters. The number of carbonyl (C=O) groups excluding carboxylic acids is 2. The molecule has 8 nitrogen and oxygen atoms in total. The van der Waals surface area contributed by atoms with Gasteiger partial charge in [0.25, 0.3) is 11.8 Å². The highest BCUT2D eigenvalue weighted by molar-refractivity contribution is 8.04. The molecule has 216 valence electrons. The first-order valence-corrected chi connectivity index (χ1v) is 14.5. The summed E-state index contributed by atoms with van der Waals surface area (Å²) in [6, 6.07) is 16.8. The monoisotopic (exact) mass is 576 g/mol. The van der Waals surface area contributed by atoms with Crippen LogP contribution in [-0.4, -0.2) is 52.3 Å². The first-order chi connectivity index (χ1) is 19.9. The highest BCUT2D eigenvalue weighted by Crippen LogP contribution is 2.42. The predicted molar refractivity (Wildman–Crippen MR) is 163 cm³/mol. The Balaban J connectivity index is 1.43. The molecule has 41 heavy (non-hydrogen) atoms. The van der Waals surface area contributed by atoms with Crippen LogP contribution >= 0.6 is 11.8 Å². The molecule has 1 aliphatic heterocycles. The average Bonchev–Trinajstić information content (AvgIpc) is 2.98. The molecule has 0 fully saturated rings. The van der Waals surface area contributed by atoms with Gasteiger partial charge in [0.2, 0.25) is 0 Å². The van der Waals surface area contributed by atoms with Crippen LogP contribution in [-0.2, 0) is 11.2 Å². The topological polar surface area (TPSA) is 86.3 Å². The van der Waals surface area contributed by atoms with Crippen molar-refractivity contribution in [3.05, 3.63) is 76.2 Å². The Hall–Kier alpha value is -4.11. The van der Waals surface area contributed by atoms with Gasteiger partial charge in [0, 0.05) is 24.1 Å². The second kappa shape index (κ2) is 14.0. The Morgan fingerprint density at radius 2 is 1.56 bits per heavy atom. The molecule has 9 heteroatoms. The first-order valence-electron chi connectivity index (χ1n) is 13.7. The molecule has 0 aromatic heterocycles. The summed E-state index contributed by atoms with van der Waals surface area (Å²) in [5.41, 5.74) is 3.06. The zero-order chi connectivity index (χ0) is 29.4. The van der Waals surface area contributed by atoms with Crippen molar-refractivity contribution in [3.63, 3.8) is 0 Å². The molecule has 4 rings (SSSR count). The summed E-state index contributed by atoms with van der Waals surface area (Å²) in [7, 11) is 3.31. The quantitative estimate of drug-likeness (QED) is 0.266. The number of thioether (sulfide) groups is 1. The summed E-state index contributed by atoms with van der Waals surface area (Å²) in [6.45, 7) is 7.87. The number of fused-ring (bicyclic) bond motifs is 1. The highest BCUT2D eigenvalue weighted by Gasteiger charge is 2.27. The number of hydrogen-bond acceptors (Lipinski definition) is 7. The molecule has 3 aromatic rings. The predicted octanol–water partition coefficient (Wildman–Crippen LogP) is 5.97. The minimum absolute atomic E-state index is 0.145. The van der Waals surface area contributed by atoms with Crippen LogP contribution in [0.15, 0.2) is 64.4 Å².